The Labute approximate surface area is 75.0 Å². The average molecular weight is 200 g/mol. The van der Waals surface area contributed by atoms with E-state index in [1.54, 1.807) is 0 Å². The fourth-order valence-corrected chi connectivity index (χ4v) is 7.23. The van der Waals surface area contributed by atoms with Gasteiger partial charge in [-0.1, -0.05) is 17.1 Å². The molecule has 0 rings (SSSR count). The number of rotatable bonds is 7. The Morgan fingerprint density at radius 1 is 1.00 bits per heavy atom. The van der Waals surface area contributed by atoms with Crippen molar-refractivity contribution in [2.75, 3.05) is 0 Å². The molecule has 2 N–H and O–H groups in total. The summed E-state index contributed by atoms with van der Waals surface area (Å²) in [7, 11) is -1.47. The summed E-state index contributed by atoms with van der Waals surface area (Å²) < 4.78 is 6.94. The largest absolute Gasteiger partial charge is 0.349 e. The van der Waals surface area contributed by atoms with Crippen LogP contribution in [0.15, 0.2) is 36.8 Å². The normalized spacial score (nSPS) is 14.2. The summed E-state index contributed by atoms with van der Waals surface area (Å²) in [6.45, 7) is 11.2. The molecule has 0 heterocycles. The average Bonchev–Trinajstić information content (AvgIpc) is 2.05. The van der Waals surface area contributed by atoms with E-state index in [0.29, 0.717) is 0 Å². The maximum atomic E-state index is 3.78. The molecule has 0 aromatic carbocycles. The van der Waals surface area contributed by atoms with Crippen LogP contribution in [0.2, 0.25) is 0 Å². The second kappa shape index (κ2) is 7.89. The van der Waals surface area contributed by atoms with Crippen LogP contribution in [0.4, 0.5) is 0 Å². The minimum atomic E-state index is -1.00. The maximum absolute atomic E-state index is 3.78. The van der Waals surface area contributed by atoms with E-state index in [9.17, 15) is 0 Å². The number of hydrogen-bond donors (Lipinski definition) is 2. The first kappa shape index (κ1) is 10.8. The quantitative estimate of drug-likeness (QED) is 0.492. The monoisotopic (exact) mass is 200 g/mol. The van der Waals surface area contributed by atoms with E-state index in [1.165, 1.54) is 0 Å². The van der Waals surface area contributed by atoms with Gasteiger partial charge >= 0.3 is 0 Å². The van der Waals surface area contributed by atoms with E-state index in [2.05, 4.69) is 29.0 Å². The van der Waals surface area contributed by atoms with E-state index in [-0.39, 0.29) is 19.4 Å². The molecule has 0 unspecified atom stereocenters. The molecular formula is C6H16N2Si3. The number of nitrogens with one attached hydrogen (secondary N) is 2. The molecule has 0 saturated heterocycles. The van der Waals surface area contributed by atoms with Gasteiger partial charge in [0.2, 0.25) is 0 Å². The highest BCUT2D eigenvalue weighted by molar-refractivity contribution is 6.74. The van der Waals surface area contributed by atoms with Gasteiger partial charge in [-0.15, -0.1) is 19.7 Å². The van der Waals surface area contributed by atoms with Crippen molar-refractivity contribution in [1.82, 2.24) is 9.30 Å². The Kier molecular flexibility index (Phi) is 7.74. The van der Waals surface area contributed by atoms with Gasteiger partial charge in [-0.25, -0.2) is 0 Å². The first-order valence-corrected chi connectivity index (χ1v) is 8.53. The Bertz CT molecular complexity index is 126. The molecule has 0 radical (unpaired) electrons. The van der Waals surface area contributed by atoms with Gasteiger partial charge in [0, 0.05) is 0 Å². The second-order valence-electron chi connectivity index (χ2n) is 2.11. The summed E-state index contributed by atoms with van der Waals surface area (Å²) in [5.41, 5.74) is 6.02. The van der Waals surface area contributed by atoms with Gasteiger partial charge in [-0.3, -0.25) is 0 Å². The van der Waals surface area contributed by atoms with Gasteiger partial charge < -0.3 is 9.30 Å². The lowest BCUT2D eigenvalue weighted by Crippen LogP contribution is -2.48. The lowest BCUT2D eigenvalue weighted by molar-refractivity contribution is 1.39. The molecule has 0 aromatic heterocycles. The second-order valence-corrected chi connectivity index (χ2v) is 8.77. The smallest absolute Gasteiger partial charge is 0.196 e. The zero-order valence-corrected chi connectivity index (χ0v) is 10.8. The predicted molar refractivity (Wildman–Crippen MR) is 61.1 cm³/mol. The molecule has 0 aliphatic carbocycles. The summed E-state index contributed by atoms with van der Waals surface area (Å²) in [5, 5.41) is 0. The fraction of sp³-hybridized carbons (Fsp3) is 0. The van der Waals surface area contributed by atoms with Crippen molar-refractivity contribution in [1.29, 1.82) is 0 Å². The van der Waals surface area contributed by atoms with Crippen molar-refractivity contribution in [3.05, 3.63) is 36.8 Å². The SMILES string of the molecule is C=C[SiH2]N[SiH](C=C)N[SiH2]C=C. The van der Waals surface area contributed by atoms with Gasteiger partial charge in [0.05, 0.1) is 0 Å². The van der Waals surface area contributed by atoms with E-state index < -0.39 is 9.12 Å². The third kappa shape index (κ3) is 6.20. The molecule has 0 aliphatic rings. The van der Waals surface area contributed by atoms with Gasteiger partial charge in [0.15, 0.2) is 9.12 Å². The summed E-state index contributed by atoms with van der Waals surface area (Å²) in [5.74, 6) is 0. The fourth-order valence-electron chi connectivity index (χ4n) is 0.659. The van der Waals surface area contributed by atoms with E-state index in [4.69, 9.17) is 0 Å². The maximum Gasteiger partial charge on any atom is 0.196 e. The van der Waals surface area contributed by atoms with Gasteiger partial charge in [-0.05, 0) is 0 Å². The van der Waals surface area contributed by atoms with Crippen LogP contribution in [-0.2, 0) is 0 Å². The van der Waals surface area contributed by atoms with E-state index in [1.807, 2.05) is 17.1 Å². The van der Waals surface area contributed by atoms with Crippen molar-refractivity contribution >= 4 is 28.5 Å². The van der Waals surface area contributed by atoms with Crippen LogP contribution in [0.25, 0.3) is 0 Å². The van der Waals surface area contributed by atoms with Crippen LogP contribution in [0, 0.1) is 0 Å². The van der Waals surface area contributed by atoms with E-state index in [0.717, 1.165) is 0 Å². The molecular weight excluding hydrogens is 184 g/mol. The van der Waals surface area contributed by atoms with Crippen LogP contribution >= 0.6 is 0 Å². The summed E-state index contributed by atoms with van der Waals surface area (Å²) in [4.78, 5) is 0. The lowest BCUT2D eigenvalue weighted by atomic mass is 11.3. The highest BCUT2D eigenvalue weighted by Gasteiger charge is 2.00. The minimum absolute atomic E-state index is 0.235. The topological polar surface area (TPSA) is 24.1 Å². The van der Waals surface area contributed by atoms with E-state index >= 15 is 0 Å². The first-order chi connectivity index (χ1) is 5.35. The van der Waals surface area contributed by atoms with Crippen LogP contribution in [0.5, 0.6) is 0 Å². The lowest BCUT2D eigenvalue weighted by Gasteiger charge is -2.10. The highest BCUT2D eigenvalue weighted by atomic mass is 28.4. The molecule has 0 amide bonds. The Morgan fingerprint density at radius 2 is 1.45 bits per heavy atom. The highest BCUT2D eigenvalue weighted by Crippen LogP contribution is 1.70. The Hall–Kier alpha value is -0.209. The zero-order chi connectivity index (χ0) is 8.53. The molecule has 0 aliphatic heterocycles. The van der Waals surface area contributed by atoms with Crippen LogP contribution in [0.1, 0.15) is 0 Å². The molecule has 0 bridgehead atoms. The van der Waals surface area contributed by atoms with Crippen LogP contribution in [0.3, 0.4) is 0 Å². The molecule has 0 aromatic rings. The van der Waals surface area contributed by atoms with Crippen LogP contribution < -0.4 is 9.30 Å². The summed E-state index contributed by atoms with van der Waals surface area (Å²) >= 11 is 0. The third-order valence-electron chi connectivity index (χ3n) is 1.20. The van der Waals surface area contributed by atoms with Crippen molar-refractivity contribution < 1.29 is 0 Å². The Balaban J connectivity index is 3.47. The molecule has 11 heavy (non-hydrogen) atoms. The molecule has 2 nitrogen and oxygen atoms in total. The van der Waals surface area contributed by atoms with Crippen molar-refractivity contribution in [2.24, 2.45) is 0 Å². The van der Waals surface area contributed by atoms with Crippen molar-refractivity contribution in [3.8, 4) is 0 Å². The van der Waals surface area contributed by atoms with Gasteiger partial charge in [0.1, 0.15) is 19.4 Å². The molecule has 0 atom stereocenters. The predicted octanol–water partition coefficient (Wildman–Crippen LogP) is -1.43. The van der Waals surface area contributed by atoms with Crippen molar-refractivity contribution in [3.63, 3.8) is 0 Å². The third-order valence-corrected chi connectivity index (χ3v) is 7.65. The van der Waals surface area contributed by atoms with Crippen LogP contribution in [-0.4, -0.2) is 28.5 Å². The van der Waals surface area contributed by atoms with Gasteiger partial charge in [0.25, 0.3) is 0 Å². The molecule has 62 valence electrons. The molecule has 0 fully saturated rings. The molecule has 0 saturated carbocycles. The zero-order valence-electron chi connectivity index (χ0n) is 6.84. The Morgan fingerprint density at radius 3 is 1.73 bits per heavy atom. The molecule has 0 spiro atoms. The molecule has 5 heteroatoms. The number of hydrogen-bond acceptors (Lipinski definition) is 2. The summed E-state index contributed by atoms with van der Waals surface area (Å²) in [6, 6.07) is 0. The minimum Gasteiger partial charge on any atom is -0.349 e. The standard InChI is InChI=1S/C6H16N2Si3/c1-4-9-7-11(6-3)8-10-5-2/h4-8,11H,1-3,9-10H2. The summed E-state index contributed by atoms with van der Waals surface area (Å²) in [6.07, 6.45) is 0. The first-order valence-electron chi connectivity index (χ1n) is 3.66. The van der Waals surface area contributed by atoms with Crippen molar-refractivity contribution in [2.45, 2.75) is 0 Å². The van der Waals surface area contributed by atoms with Gasteiger partial charge in [-0.2, -0.15) is 0 Å².